The molecule has 0 fully saturated rings. The number of hydrogen-bond donors (Lipinski definition) is 2. The Balaban J connectivity index is 1.86. The smallest absolute Gasteiger partial charge is 0.310 e. The largest absolute Gasteiger partial charge is 0.481 e. The Morgan fingerprint density at radius 2 is 2.05 bits per heavy atom. The van der Waals surface area contributed by atoms with Crippen molar-refractivity contribution in [2.75, 3.05) is 0 Å². The van der Waals surface area contributed by atoms with Crippen LogP contribution in [-0.2, 0) is 17.9 Å². The van der Waals surface area contributed by atoms with Crippen molar-refractivity contribution >= 4 is 5.97 Å². The fourth-order valence-electron chi connectivity index (χ4n) is 1.73. The monoisotopic (exact) mass is 260 g/mol. The van der Waals surface area contributed by atoms with E-state index in [1.54, 1.807) is 13.1 Å². The lowest BCUT2D eigenvalue weighted by molar-refractivity contribution is -0.138. The molecule has 0 saturated heterocycles. The molecule has 5 nitrogen and oxygen atoms in total. The van der Waals surface area contributed by atoms with Crippen molar-refractivity contribution in [3.8, 4) is 0 Å². The Morgan fingerprint density at radius 3 is 2.63 bits per heavy atom. The number of aliphatic carboxylic acids is 1. The molecule has 0 saturated carbocycles. The Kier molecular flexibility index (Phi) is 4.30. The van der Waals surface area contributed by atoms with Crippen molar-refractivity contribution in [2.24, 2.45) is 0 Å². The number of benzene rings is 1. The van der Waals surface area contributed by atoms with Gasteiger partial charge in [-0.15, -0.1) is 0 Å². The van der Waals surface area contributed by atoms with E-state index in [0.29, 0.717) is 13.1 Å². The highest BCUT2D eigenvalue weighted by Gasteiger charge is 2.12. The first kappa shape index (κ1) is 13.3. The average Bonchev–Trinajstić information content (AvgIpc) is 2.92. The quantitative estimate of drug-likeness (QED) is 0.832. The third kappa shape index (κ3) is 3.66. The van der Waals surface area contributed by atoms with Crippen LogP contribution in [0.2, 0.25) is 0 Å². The van der Waals surface area contributed by atoms with E-state index in [1.165, 1.54) is 0 Å². The van der Waals surface area contributed by atoms with Gasteiger partial charge in [-0.25, -0.2) is 0 Å². The van der Waals surface area contributed by atoms with Crippen LogP contribution in [0.4, 0.5) is 0 Å². The fraction of sp³-hybridized carbons (Fsp3) is 0.286. The molecule has 1 heterocycles. The van der Waals surface area contributed by atoms with Crippen LogP contribution in [0.5, 0.6) is 0 Å². The third-order valence-electron chi connectivity index (χ3n) is 2.97. The Bertz CT molecular complexity index is 520. The summed E-state index contributed by atoms with van der Waals surface area (Å²) in [6.07, 6.45) is 1.61. The van der Waals surface area contributed by atoms with Gasteiger partial charge in [0.05, 0.1) is 18.7 Å². The molecule has 0 aliphatic rings. The average molecular weight is 260 g/mol. The van der Waals surface area contributed by atoms with Crippen LogP contribution in [0, 0.1) is 0 Å². The minimum atomic E-state index is -0.809. The van der Waals surface area contributed by atoms with Gasteiger partial charge in [0.2, 0.25) is 0 Å². The standard InChI is InChI=1S/C14H16N2O3/c1-10(14(17)18)12-4-2-11(3-5-12)8-15-9-13-6-7-16-19-13/h2-7,10,15H,8-9H2,1H3,(H,17,18). The van der Waals surface area contributed by atoms with Gasteiger partial charge < -0.3 is 14.9 Å². The van der Waals surface area contributed by atoms with E-state index < -0.39 is 11.9 Å². The van der Waals surface area contributed by atoms with E-state index in [1.807, 2.05) is 30.3 Å². The first-order chi connectivity index (χ1) is 9.16. The molecule has 0 spiro atoms. The number of carbonyl (C=O) groups is 1. The van der Waals surface area contributed by atoms with Crippen molar-refractivity contribution in [1.29, 1.82) is 0 Å². The van der Waals surface area contributed by atoms with Gasteiger partial charge in [0, 0.05) is 12.6 Å². The maximum Gasteiger partial charge on any atom is 0.310 e. The Morgan fingerprint density at radius 1 is 1.32 bits per heavy atom. The fourth-order valence-corrected chi connectivity index (χ4v) is 1.73. The van der Waals surface area contributed by atoms with Crippen LogP contribution in [0.25, 0.3) is 0 Å². The summed E-state index contributed by atoms with van der Waals surface area (Å²) in [4.78, 5) is 10.9. The van der Waals surface area contributed by atoms with Crippen molar-refractivity contribution in [1.82, 2.24) is 10.5 Å². The van der Waals surface area contributed by atoms with Crippen LogP contribution in [0.3, 0.4) is 0 Å². The lowest BCUT2D eigenvalue weighted by atomic mass is 10.0. The maximum atomic E-state index is 10.9. The SMILES string of the molecule is CC(C(=O)O)c1ccc(CNCc2ccno2)cc1. The summed E-state index contributed by atoms with van der Waals surface area (Å²) in [5.74, 6) is -0.497. The third-order valence-corrected chi connectivity index (χ3v) is 2.97. The zero-order chi connectivity index (χ0) is 13.7. The number of aromatic nitrogens is 1. The van der Waals surface area contributed by atoms with Gasteiger partial charge in [-0.05, 0) is 18.1 Å². The highest BCUT2D eigenvalue weighted by atomic mass is 16.5. The van der Waals surface area contributed by atoms with Gasteiger partial charge in [0.1, 0.15) is 5.76 Å². The second-order valence-corrected chi connectivity index (χ2v) is 4.38. The van der Waals surface area contributed by atoms with Gasteiger partial charge in [-0.1, -0.05) is 29.4 Å². The van der Waals surface area contributed by atoms with E-state index in [0.717, 1.165) is 16.9 Å². The lowest BCUT2D eigenvalue weighted by Crippen LogP contribution is -2.12. The molecule has 1 atom stereocenters. The number of nitrogens with one attached hydrogen (secondary N) is 1. The number of carboxylic acids is 1. The molecule has 0 aliphatic carbocycles. The summed E-state index contributed by atoms with van der Waals surface area (Å²) in [6, 6.07) is 9.38. The molecule has 1 unspecified atom stereocenters. The van der Waals surface area contributed by atoms with E-state index in [9.17, 15) is 4.79 Å². The van der Waals surface area contributed by atoms with Crippen molar-refractivity contribution in [3.05, 3.63) is 53.4 Å². The van der Waals surface area contributed by atoms with E-state index in [2.05, 4.69) is 10.5 Å². The van der Waals surface area contributed by atoms with Crippen LogP contribution < -0.4 is 5.32 Å². The summed E-state index contributed by atoms with van der Waals surface area (Å²) >= 11 is 0. The van der Waals surface area contributed by atoms with Crippen LogP contribution in [0.15, 0.2) is 41.1 Å². The van der Waals surface area contributed by atoms with Crippen molar-refractivity contribution < 1.29 is 14.4 Å². The Labute approximate surface area is 111 Å². The van der Waals surface area contributed by atoms with E-state index in [-0.39, 0.29) is 0 Å². The molecule has 0 bridgehead atoms. The zero-order valence-electron chi connectivity index (χ0n) is 10.7. The van der Waals surface area contributed by atoms with E-state index >= 15 is 0 Å². The van der Waals surface area contributed by atoms with Crippen LogP contribution in [-0.4, -0.2) is 16.2 Å². The molecule has 19 heavy (non-hydrogen) atoms. The number of carboxylic acid groups (broad SMARTS) is 1. The summed E-state index contributed by atoms with van der Waals surface area (Å²) < 4.78 is 4.97. The number of rotatable bonds is 6. The summed E-state index contributed by atoms with van der Waals surface area (Å²) in [7, 11) is 0. The molecule has 1 aromatic heterocycles. The summed E-state index contributed by atoms with van der Waals surface area (Å²) in [5.41, 5.74) is 1.91. The summed E-state index contributed by atoms with van der Waals surface area (Å²) in [5, 5.41) is 15.8. The maximum absolute atomic E-state index is 10.9. The molecule has 0 aliphatic heterocycles. The first-order valence-corrected chi connectivity index (χ1v) is 6.08. The normalized spacial score (nSPS) is 12.3. The van der Waals surface area contributed by atoms with Crippen molar-refractivity contribution in [2.45, 2.75) is 25.9 Å². The highest BCUT2D eigenvalue weighted by Crippen LogP contribution is 2.16. The molecule has 1 aromatic carbocycles. The lowest BCUT2D eigenvalue weighted by Gasteiger charge is -2.08. The molecular formula is C14H16N2O3. The molecule has 100 valence electrons. The topological polar surface area (TPSA) is 75.4 Å². The minimum absolute atomic E-state index is 0.476. The van der Waals surface area contributed by atoms with Gasteiger partial charge in [0.25, 0.3) is 0 Å². The second kappa shape index (κ2) is 6.15. The first-order valence-electron chi connectivity index (χ1n) is 6.08. The van der Waals surface area contributed by atoms with Gasteiger partial charge in [0.15, 0.2) is 0 Å². The van der Waals surface area contributed by atoms with E-state index in [4.69, 9.17) is 9.63 Å². The second-order valence-electron chi connectivity index (χ2n) is 4.38. The van der Waals surface area contributed by atoms with Crippen molar-refractivity contribution in [3.63, 3.8) is 0 Å². The number of nitrogens with zero attached hydrogens (tertiary/aromatic N) is 1. The molecule has 0 radical (unpaired) electrons. The predicted octanol–water partition coefficient (Wildman–Crippen LogP) is 2.15. The minimum Gasteiger partial charge on any atom is -0.481 e. The summed E-state index contributed by atoms with van der Waals surface area (Å²) in [6.45, 7) is 3.00. The number of hydrogen-bond acceptors (Lipinski definition) is 4. The van der Waals surface area contributed by atoms with Crippen LogP contribution in [0.1, 0.15) is 29.7 Å². The molecule has 2 N–H and O–H groups in total. The van der Waals surface area contributed by atoms with Crippen LogP contribution >= 0.6 is 0 Å². The predicted molar refractivity (Wildman–Crippen MR) is 69.5 cm³/mol. The Hall–Kier alpha value is -2.14. The molecule has 0 amide bonds. The molecule has 2 rings (SSSR count). The molecule has 2 aromatic rings. The van der Waals surface area contributed by atoms with Gasteiger partial charge in [-0.2, -0.15) is 0 Å². The van der Waals surface area contributed by atoms with Gasteiger partial charge in [-0.3, -0.25) is 4.79 Å². The molecular weight excluding hydrogens is 244 g/mol. The van der Waals surface area contributed by atoms with Gasteiger partial charge >= 0.3 is 5.97 Å². The molecule has 5 heteroatoms. The zero-order valence-corrected chi connectivity index (χ0v) is 10.7. The highest BCUT2D eigenvalue weighted by molar-refractivity contribution is 5.75.